The lowest BCUT2D eigenvalue weighted by Crippen LogP contribution is -2.48. The first-order chi connectivity index (χ1) is 9.57. The number of nitrogens with zero attached hydrogens (tertiary/aromatic N) is 1. The van der Waals surface area contributed by atoms with Crippen molar-refractivity contribution in [3.8, 4) is 0 Å². The Balaban J connectivity index is 2.04. The highest BCUT2D eigenvalue weighted by Crippen LogP contribution is 2.41. The smallest absolute Gasteiger partial charge is 0.326 e. The van der Waals surface area contributed by atoms with Crippen LogP contribution >= 0.6 is 0 Å². The van der Waals surface area contributed by atoms with Crippen molar-refractivity contribution < 1.29 is 14.7 Å². The predicted molar refractivity (Wildman–Crippen MR) is 73.1 cm³/mol. The SMILES string of the molecule is CCC1(C(=O)NC(Cc2cnc[nH]2)C(=O)O)CCCC1. The predicted octanol–water partition coefficient (Wildman–Crippen LogP) is 1.49. The lowest BCUT2D eigenvalue weighted by Gasteiger charge is -2.28. The van der Waals surface area contributed by atoms with E-state index in [2.05, 4.69) is 15.3 Å². The van der Waals surface area contributed by atoms with Crippen LogP contribution in [0.5, 0.6) is 0 Å². The van der Waals surface area contributed by atoms with E-state index in [1.165, 1.54) is 6.33 Å². The van der Waals surface area contributed by atoms with Gasteiger partial charge < -0.3 is 15.4 Å². The number of carbonyl (C=O) groups is 2. The minimum absolute atomic E-state index is 0.121. The third-order valence-corrected chi connectivity index (χ3v) is 4.30. The first-order valence-corrected chi connectivity index (χ1v) is 7.08. The summed E-state index contributed by atoms with van der Waals surface area (Å²) >= 11 is 0. The Hall–Kier alpha value is -1.85. The van der Waals surface area contributed by atoms with Crippen LogP contribution < -0.4 is 5.32 Å². The van der Waals surface area contributed by atoms with Crippen molar-refractivity contribution in [3.05, 3.63) is 18.2 Å². The van der Waals surface area contributed by atoms with Gasteiger partial charge in [0.2, 0.25) is 5.91 Å². The number of aliphatic carboxylic acids is 1. The van der Waals surface area contributed by atoms with Gasteiger partial charge in [0, 0.05) is 23.7 Å². The van der Waals surface area contributed by atoms with Crippen LogP contribution in [0, 0.1) is 5.41 Å². The summed E-state index contributed by atoms with van der Waals surface area (Å²) in [5, 5.41) is 12.0. The van der Waals surface area contributed by atoms with Crippen molar-refractivity contribution in [1.82, 2.24) is 15.3 Å². The molecular formula is C14H21N3O3. The van der Waals surface area contributed by atoms with Crippen LogP contribution in [0.4, 0.5) is 0 Å². The molecule has 6 nitrogen and oxygen atoms in total. The van der Waals surface area contributed by atoms with Gasteiger partial charge in [0.15, 0.2) is 0 Å². The molecule has 0 radical (unpaired) electrons. The van der Waals surface area contributed by atoms with E-state index in [4.69, 9.17) is 0 Å². The van der Waals surface area contributed by atoms with E-state index >= 15 is 0 Å². The summed E-state index contributed by atoms with van der Waals surface area (Å²) in [6.45, 7) is 2.00. The van der Waals surface area contributed by atoms with Gasteiger partial charge in [0.05, 0.1) is 6.33 Å². The highest BCUT2D eigenvalue weighted by atomic mass is 16.4. The molecular weight excluding hydrogens is 258 g/mol. The summed E-state index contributed by atoms with van der Waals surface area (Å²) in [5.41, 5.74) is 0.330. The van der Waals surface area contributed by atoms with Gasteiger partial charge in [-0.3, -0.25) is 4.79 Å². The zero-order chi connectivity index (χ0) is 14.6. The van der Waals surface area contributed by atoms with Gasteiger partial charge in [-0.15, -0.1) is 0 Å². The van der Waals surface area contributed by atoms with Gasteiger partial charge in [-0.2, -0.15) is 0 Å². The number of carboxylic acids is 1. The summed E-state index contributed by atoms with van der Waals surface area (Å²) in [7, 11) is 0. The highest BCUT2D eigenvalue weighted by molar-refractivity contribution is 5.87. The first-order valence-electron chi connectivity index (χ1n) is 7.08. The van der Waals surface area contributed by atoms with Crippen LogP contribution in [-0.4, -0.2) is 33.0 Å². The van der Waals surface area contributed by atoms with Crippen molar-refractivity contribution in [3.63, 3.8) is 0 Å². The Morgan fingerprint density at radius 2 is 2.20 bits per heavy atom. The Bertz CT molecular complexity index is 464. The van der Waals surface area contributed by atoms with Crippen molar-refractivity contribution >= 4 is 11.9 Å². The van der Waals surface area contributed by atoms with Crippen molar-refractivity contribution in [2.24, 2.45) is 5.41 Å². The van der Waals surface area contributed by atoms with Crippen molar-refractivity contribution in [1.29, 1.82) is 0 Å². The fourth-order valence-corrected chi connectivity index (χ4v) is 2.92. The third-order valence-electron chi connectivity index (χ3n) is 4.30. The Morgan fingerprint density at radius 1 is 1.50 bits per heavy atom. The molecule has 1 aromatic rings. The molecule has 1 saturated carbocycles. The van der Waals surface area contributed by atoms with Crippen LogP contribution in [-0.2, 0) is 16.0 Å². The van der Waals surface area contributed by atoms with E-state index in [9.17, 15) is 14.7 Å². The van der Waals surface area contributed by atoms with Crippen LogP contribution in [0.25, 0.3) is 0 Å². The van der Waals surface area contributed by atoms with Crippen LogP contribution in [0.2, 0.25) is 0 Å². The number of imidazole rings is 1. The zero-order valence-electron chi connectivity index (χ0n) is 11.7. The number of amides is 1. The largest absolute Gasteiger partial charge is 0.480 e. The third kappa shape index (κ3) is 3.00. The summed E-state index contributed by atoms with van der Waals surface area (Å²) in [6.07, 6.45) is 7.85. The molecule has 1 heterocycles. The standard InChI is InChI=1S/C14H21N3O3/c1-2-14(5-3-4-6-14)13(20)17-11(12(18)19)7-10-8-15-9-16-10/h8-9,11H,2-7H2,1H3,(H,15,16)(H,17,20)(H,18,19). The number of rotatable bonds is 6. The Kier molecular flexibility index (Phi) is 4.42. The molecule has 1 unspecified atom stereocenters. The summed E-state index contributed by atoms with van der Waals surface area (Å²) in [6, 6.07) is -0.910. The molecule has 1 aromatic heterocycles. The lowest BCUT2D eigenvalue weighted by atomic mass is 9.82. The molecule has 0 aromatic carbocycles. The van der Waals surface area contributed by atoms with E-state index in [1.807, 2.05) is 6.92 Å². The second-order valence-electron chi connectivity index (χ2n) is 5.49. The number of aromatic amines is 1. The van der Waals surface area contributed by atoms with Gasteiger partial charge in [-0.25, -0.2) is 9.78 Å². The number of hydrogen-bond donors (Lipinski definition) is 3. The maximum absolute atomic E-state index is 12.4. The molecule has 0 aliphatic heterocycles. The average molecular weight is 279 g/mol. The van der Waals surface area contributed by atoms with Crippen LogP contribution in [0.1, 0.15) is 44.7 Å². The number of carboxylic acid groups (broad SMARTS) is 1. The highest BCUT2D eigenvalue weighted by Gasteiger charge is 2.40. The number of H-pyrrole nitrogens is 1. The summed E-state index contributed by atoms with van der Waals surface area (Å²) in [4.78, 5) is 30.5. The molecule has 1 aliphatic carbocycles. The maximum atomic E-state index is 12.4. The van der Waals surface area contributed by atoms with E-state index in [1.54, 1.807) is 6.20 Å². The monoisotopic (exact) mass is 279 g/mol. The van der Waals surface area contributed by atoms with E-state index in [0.29, 0.717) is 5.69 Å². The molecule has 3 N–H and O–H groups in total. The molecule has 1 atom stereocenters. The minimum atomic E-state index is -1.02. The normalized spacial score (nSPS) is 18.6. The van der Waals surface area contributed by atoms with Gasteiger partial charge >= 0.3 is 5.97 Å². The summed E-state index contributed by atoms with van der Waals surface area (Å²) in [5.74, 6) is -1.14. The number of hydrogen-bond acceptors (Lipinski definition) is 3. The van der Waals surface area contributed by atoms with Crippen LogP contribution in [0.3, 0.4) is 0 Å². The molecule has 0 bridgehead atoms. The fourth-order valence-electron chi connectivity index (χ4n) is 2.92. The molecule has 1 fully saturated rings. The van der Waals surface area contributed by atoms with Gasteiger partial charge in [-0.1, -0.05) is 19.8 Å². The van der Waals surface area contributed by atoms with E-state index in [0.717, 1.165) is 32.1 Å². The maximum Gasteiger partial charge on any atom is 0.326 e. The second-order valence-corrected chi connectivity index (χ2v) is 5.49. The summed E-state index contributed by atoms with van der Waals surface area (Å²) < 4.78 is 0. The fraction of sp³-hybridized carbons (Fsp3) is 0.643. The number of nitrogens with one attached hydrogen (secondary N) is 2. The van der Waals surface area contributed by atoms with Gasteiger partial charge in [0.25, 0.3) is 0 Å². The van der Waals surface area contributed by atoms with Crippen LogP contribution in [0.15, 0.2) is 12.5 Å². The zero-order valence-corrected chi connectivity index (χ0v) is 11.7. The molecule has 20 heavy (non-hydrogen) atoms. The molecule has 6 heteroatoms. The minimum Gasteiger partial charge on any atom is -0.480 e. The van der Waals surface area contributed by atoms with Gasteiger partial charge in [-0.05, 0) is 19.3 Å². The lowest BCUT2D eigenvalue weighted by molar-refractivity contribution is -0.144. The quantitative estimate of drug-likeness (QED) is 0.735. The molecule has 1 amide bonds. The molecule has 0 spiro atoms. The van der Waals surface area contributed by atoms with Crippen molar-refractivity contribution in [2.45, 2.75) is 51.5 Å². The molecule has 1 aliphatic rings. The average Bonchev–Trinajstić information content (AvgIpc) is 3.09. The molecule has 110 valence electrons. The Morgan fingerprint density at radius 3 is 2.70 bits per heavy atom. The van der Waals surface area contributed by atoms with Gasteiger partial charge in [0.1, 0.15) is 6.04 Å². The second kappa shape index (κ2) is 6.07. The first kappa shape index (κ1) is 14.6. The topological polar surface area (TPSA) is 95.1 Å². The van der Waals surface area contributed by atoms with E-state index in [-0.39, 0.29) is 17.7 Å². The van der Waals surface area contributed by atoms with E-state index < -0.39 is 12.0 Å². The number of carbonyl (C=O) groups excluding carboxylic acids is 1. The molecule has 2 rings (SSSR count). The van der Waals surface area contributed by atoms with Crippen molar-refractivity contribution in [2.75, 3.05) is 0 Å². The molecule has 0 saturated heterocycles. The Labute approximate surface area is 118 Å². The number of aromatic nitrogens is 2.